The van der Waals surface area contributed by atoms with Gasteiger partial charge in [0.25, 0.3) is 0 Å². The van der Waals surface area contributed by atoms with Crippen LogP contribution in [0.15, 0.2) is 6.33 Å². The maximum atomic E-state index is 5.74. The van der Waals surface area contributed by atoms with E-state index in [1.165, 1.54) is 29.9 Å². The summed E-state index contributed by atoms with van der Waals surface area (Å²) in [5.74, 6) is 1.17. The maximum absolute atomic E-state index is 5.74. The SMILES string of the molecule is NCCOC1CCN(c2ncnc3c2CCCC3)CC1. The highest BCUT2D eigenvalue weighted by Gasteiger charge is 2.24. The molecule has 1 aromatic rings. The molecule has 20 heavy (non-hydrogen) atoms. The van der Waals surface area contributed by atoms with Crippen LogP contribution in [-0.4, -0.2) is 42.3 Å². The molecule has 2 N–H and O–H groups in total. The maximum Gasteiger partial charge on any atom is 0.135 e. The lowest BCUT2D eigenvalue weighted by atomic mass is 9.95. The van der Waals surface area contributed by atoms with Gasteiger partial charge in [-0.25, -0.2) is 9.97 Å². The Morgan fingerprint density at radius 2 is 2.00 bits per heavy atom. The fourth-order valence-corrected chi connectivity index (χ4v) is 3.25. The molecule has 0 bridgehead atoms. The van der Waals surface area contributed by atoms with Crippen molar-refractivity contribution in [2.75, 3.05) is 31.1 Å². The zero-order chi connectivity index (χ0) is 13.8. The van der Waals surface area contributed by atoms with Crippen LogP contribution in [0, 0.1) is 0 Å². The summed E-state index contributed by atoms with van der Waals surface area (Å²) in [4.78, 5) is 11.4. The van der Waals surface area contributed by atoms with E-state index in [0.29, 0.717) is 19.3 Å². The average Bonchev–Trinajstić information content (AvgIpc) is 2.53. The van der Waals surface area contributed by atoms with E-state index in [4.69, 9.17) is 10.5 Å². The van der Waals surface area contributed by atoms with Crippen molar-refractivity contribution in [3.8, 4) is 0 Å². The summed E-state index contributed by atoms with van der Waals surface area (Å²) in [6.07, 6.45) is 9.01. The van der Waals surface area contributed by atoms with Crippen molar-refractivity contribution >= 4 is 5.82 Å². The van der Waals surface area contributed by atoms with Gasteiger partial charge < -0.3 is 15.4 Å². The van der Waals surface area contributed by atoms with E-state index in [1.54, 1.807) is 6.33 Å². The minimum atomic E-state index is 0.368. The van der Waals surface area contributed by atoms with Crippen molar-refractivity contribution in [3.63, 3.8) is 0 Å². The first kappa shape index (κ1) is 13.8. The van der Waals surface area contributed by atoms with E-state index in [1.807, 2.05) is 0 Å². The second-order valence-electron chi connectivity index (χ2n) is 5.68. The Hall–Kier alpha value is -1.20. The molecule has 0 saturated carbocycles. The van der Waals surface area contributed by atoms with Crippen molar-refractivity contribution in [2.24, 2.45) is 5.73 Å². The molecule has 1 aliphatic heterocycles. The largest absolute Gasteiger partial charge is 0.377 e. The number of hydrogen-bond acceptors (Lipinski definition) is 5. The molecule has 5 heteroatoms. The molecule has 5 nitrogen and oxygen atoms in total. The van der Waals surface area contributed by atoms with Gasteiger partial charge in [0.15, 0.2) is 0 Å². The Morgan fingerprint density at radius 3 is 2.80 bits per heavy atom. The van der Waals surface area contributed by atoms with Gasteiger partial charge in [-0.3, -0.25) is 0 Å². The van der Waals surface area contributed by atoms with Gasteiger partial charge in [-0.1, -0.05) is 0 Å². The summed E-state index contributed by atoms with van der Waals surface area (Å²) in [6.45, 7) is 3.34. The normalized spacial score (nSPS) is 19.9. The van der Waals surface area contributed by atoms with Crippen LogP contribution in [0.2, 0.25) is 0 Å². The highest BCUT2D eigenvalue weighted by atomic mass is 16.5. The number of fused-ring (bicyclic) bond motifs is 1. The minimum absolute atomic E-state index is 0.368. The molecule has 0 radical (unpaired) electrons. The van der Waals surface area contributed by atoms with Gasteiger partial charge >= 0.3 is 0 Å². The Labute approximate surface area is 120 Å². The van der Waals surface area contributed by atoms with Crippen molar-refractivity contribution in [1.82, 2.24) is 9.97 Å². The third kappa shape index (κ3) is 2.94. The number of hydrogen-bond donors (Lipinski definition) is 1. The summed E-state index contributed by atoms with van der Waals surface area (Å²) < 4.78 is 5.74. The third-order valence-corrected chi connectivity index (χ3v) is 4.32. The van der Waals surface area contributed by atoms with E-state index in [0.717, 1.165) is 38.8 Å². The molecule has 1 saturated heterocycles. The van der Waals surface area contributed by atoms with Crippen LogP contribution in [0.3, 0.4) is 0 Å². The molecular formula is C15H24N4O. The minimum Gasteiger partial charge on any atom is -0.377 e. The van der Waals surface area contributed by atoms with Crippen molar-refractivity contribution in [1.29, 1.82) is 0 Å². The lowest BCUT2D eigenvalue weighted by Crippen LogP contribution is -2.39. The predicted molar refractivity (Wildman–Crippen MR) is 78.9 cm³/mol. The monoisotopic (exact) mass is 276 g/mol. The third-order valence-electron chi connectivity index (χ3n) is 4.32. The number of nitrogens with zero attached hydrogens (tertiary/aromatic N) is 3. The van der Waals surface area contributed by atoms with Crippen LogP contribution in [-0.2, 0) is 17.6 Å². The summed E-state index contributed by atoms with van der Waals surface area (Å²) in [5.41, 5.74) is 8.14. The topological polar surface area (TPSA) is 64.3 Å². The van der Waals surface area contributed by atoms with Gasteiger partial charge in [0.05, 0.1) is 12.7 Å². The van der Waals surface area contributed by atoms with Gasteiger partial charge in [0.2, 0.25) is 0 Å². The number of aryl methyl sites for hydroxylation is 1. The first-order valence-electron chi connectivity index (χ1n) is 7.78. The lowest BCUT2D eigenvalue weighted by molar-refractivity contribution is 0.0420. The van der Waals surface area contributed by atoms with Crippen molar-refractivity contribution in [2.45, 2.75) is 44.6 Å². The zero-order valence-electron chi connectivity index (χ0n) is 12.1. The molecule has 1 aliphatic carbocycles. The van der Waals surface area contributed by atoms with Crippen LogP contribution in [0.4, 0.5) is 5.82 Å². The molecule has 1 aromatic heterocycles. The van der Waals surface area contributed by atoms with E-state index >= 15 is 0 Å². The predicted octanol–water partition coefficient (Wildman–Crippen LogP) is 1.30. The fourth-order valence-electron chi connectivity index (χ4n) is 3.25. The molecular weight excluding hydrogens is 252 g/mol. The van der Waals surface area contributed by atoms with Crippen LogP contribution >= 0.6 is 0 Å². The molecule has 2 heterocycles. The van der Waals surface area contributed by atoms with Crippen LogP contribution in [0.1, 0.15) is 36.9 Å². The van der Waals surface area contributed by atoms with E-state index in [9.17, 15) is 0 Å². The summed E-state index contributed by atoms with van der Waals surface area (Å²) >= 11 is 0. The van der Waals surface area contributed by atoms with E-state index in [-0.39, 0.29) is 0 Å². The molecule has 0 aromatic carbocycles. The number of rotatable bonds is 4. The van der Waals surface area contributed by atoms with Crippen LogP contribution in [0.5, 0.6) is 0 Å². The highest BCUT2D eigenvalue weighted by molar-refractivity contribution is 5.49. The Bertz CT molecular complexity index is 443. The number of nitrogens with two attached hydrogens (primary N) is 1. The summed E-state index contributed by atoms with van der Waals surface area (Å²) in [7, 11) is 0. The molecule has 0 spiro atoms. The molecule has 3 rings (SSSR count). The molecule has 1 fully saturated rings. The standard InChI is InChI=1S/C15H24N4O/c16-7-10-20-12-5-8-19(9-6-12)15-13-3-1-2-4-14(13)17-11-18-15/h11-12H,1-10,16H2. The molecule has 110 valence electrons. The molecule has 0 amide bonds. The van der Waals surface area contributed by atoms with Crippen molar-refractivity contribution in [3.05, 3.63) is 17.6 Å². The highest BCUT2D eigenvalue weighted by Crippen LogP contribution is 2.29. The summed E-state index contributed by atoms with van der Waals surface area (Å²) in [6, 6.07) is 0. The van der Waals surface area contributed by atoms with Gasteiger partial charge in [-0.05, 0) is 38.5 Å². The van der Waals surface area contributed by atoms with Crippen LogP contribution < -0.4 is 10.6 Å². The van der Waals surface area contributed by atoms with Crippen molar-refractivity contribution < 1.29 is 4.74 Å². The second-order valence-corrected chi connectivity index (χ2v) is 5.68. The Kier molecular flexibility index (Phi) is 4.47. The average molecular weight is 276 g/mol. The van der Waals surface area contributed by atoms with E-state index in [2.05, 4.69) is 14.9 Å². The quantitative estimate of drug-likeness (QED) is 0.898. The lowest BCUT2D eigenvalue weighted by Gasteiger charge is -2.34. The van der Waals surface area contributed by atoms with E-state index < -0.39 is 0 Å². The van der Waals surface area contributed by atoms with Gasteiger partial charge in [-0.15, -0.1) is 0 Å². The number of piperidine rings is 1. The zero-order valence-corrected chi connectivity index (χ0v) is 12.1. The first-order valence-corrected chi connectivity index (χ1v) is 7.78. The fraction of sp³-hybridized carbons (Fsp3) is 0.733. The Balaban J connectivity index is 1.66. The Morgan fingerprint density at radius 1 is 1.20 bits per heavy atom. The number of ether oxygens (including phenoxy) is 1. The van der Waals surface area contributed by atoms with Gasteiger partial charge in [0.1, 0.15) is 12.1 Å². The van der Waals surface area contributed by atoms with Crippen LogP contribution in [0.25, 0.3) is 0 Å². The number of anilines is 1. The summed E-state index contributed by atoms with van der Waals surface area (Å²) in [5, 5.41) is 0. The van der Waals surface area contributed by atoms with Gasteiger partial charge in [0, 0.05) is 30.9 Å². The van der Waals surface area contributed by atoms with Gasteiger partial charge in [-0.2, -0.15) is 0 Å². The smallest absolute Gasteiger partial charge is 0.135 e. The number of aromatic nitrogens is 2. The molecule has 0 unspecified atom stereocenters. The molecule has 0 atom stereocenters. The molecule has 2 aliphatic rings. The second kappa shape index (κ2) is 6.50. The first-order chi connectivity index (χ1) is 9.88.